The second-order valence-electron chi connectivity index (χ2n) is 7.19. The van der Waals surface area contributed by atoms with Crippen molar-refractivity contribution in [2.24, 2.45) is 0 Å². The number of amides is 1. The molecule has 0 unspecified atom stereocenters. The maximum absolute atomic E-state index is 12.7. The molecule has 3 rings (SSSR count). The first kappa shape index (κ1) is 19.6. The van der Waals surface area contributed by atoms with Crippen LogP contribution in [0.2, 0.25) is 0 Å². The molecule has 0 radical (unpaired) electrons. The Hall–Kier alpha value is -2.12. The Labute approximate surface area is 160 Å². The predicted molar refractivity (Wildman–Crippen MR) is 104 cm³/mol. The minimum atomic E-state index is -3.17. The van der Waals surface area contributed by atoms with Crippen molar-refractivity contribution in [2.75, 3.05) is 32.4 Å². The summed E-state index contributed by atoms with van der Waals surface area (Å²) in [5, 5.41) is 0. The highest BCUT2D eigenvalue weighted by molar-refractivity contribution is 7.90. The molecular formula is C20H26N2O4S. The number of carbonyl (C=O) groups excluding carboxylic acids is 1. The molecule has 1 amide bonds. The number of carbonyl (C=O) groups is 1. The quantitative estimate of drug-likeness (QED) is 0.803. The third kappa shape index (κ3) is 4.78. The normalized spacial score (nSPS) is 16.3. The lowest BCUT2D eigenvalue weighted by Crippen LogP contribution is -2.34. The van der Waals surface area contributed by atoms with Gasteiger partial charge in [0.2, 0.25) is 0 Å². The Morgan fingerprint density at radius 1 is 1.07 bits per heavy atom. The van der Waals surface area contributed by atoms with E-state index in [-0.39, 0.29) is 5.91 Å². The number of aryl methyl sites for hydroxylation is 2. The zero-order valence-corrected chi connectivity index (χ0v) is 16.9. The Morgan fingerprint density at radius 3 is 2.37 bits per heavy atom. The van der Waals surface area contributed by atoms with Gasteiger partial charge in [-0.05, 0) is 49.6 Å². The third-order valence-electron chi connectivity index (χ3n) is 5.01. The summed E-state index contributed by atoms with van der Waals surface area (Å²) in [5.74, 6) is 1.15. The maximum atomic E-state index is 12.7. The first-order chi connectivity index (χ1) is 12.7. The molecule has 1 saturated heterocycles. The fraction of sp³-hybridized carbons (Fsp3) is 0.450. The van der Waals surface area contributed by atoms with Crippen LogP contribution < -0.4 is 0 Å². The van der Waals surface area contributed by atoms with E-state index in [4.69, 9.17) is 4.42 Å². The largest absolute Gasteiger partial charge is 0.456 e. The summed E-state index contributed by atoms with van der Waals surface area (Å²) in [4.78, 5) is 17.2. The number of furan rings is 1. The number of nitrogens with zero attached hydrogens (tertiary/aromatic N) is 2. The molecular weight excluding hydrogens is 364 g/mol. The van der Waals surface area contributed by atoms with Crippen LogP contribution in [-0.2, 0) is 16.4 Å². The van der Waals surface area contributed by atoms with Crippen LogP contribution in [0.5, 0.6) is 0 Å². The van der Waals surface area contributed by atoms with E-state index in [0.717, 1.165) is 42.9 Å². The lowest BCUT2D eigenvalue weighted by molar-refractivity contribution is 0.0728. The predicted octanol–water partition coefficient (Wildman–Crippen LogP) is 2.65. The Bertz CT molecular complexity index is 896. The standard InChI is InChI=1S/C20H26N2O4S/c1-15-13-19(26-16(15)2)20(23)22-10-4-9-21(11-12-22)14-17-5-7-18(8-6-17)27(3,24)25/h5-8,13H,4,9-12,14H2,1-3H3. The topological polar surface area (TPSA) is 70.8 Å². The van der Waals surface area contributed by atoms with Gasteiger partial charge in [0.25, 0.3) is 5.91 Å². The minimum absolute atomic E-state index is 0.0504. The SMILES string of the molecule is Cc1cc(C(=O)N2CCCN(Cc3ccc(S(C)(=O)=O)cc3)CC2)oc1C. The smallest absolute Gasteiger partial charge is 0.289 e. The van der Waals surface area contributed by atoms with Crippen LogP contribution >= 0.6 is 0 Å². The average Bonchev–Trinajstić information content (AvgIpc) is 2.81. The number of rotatable bonds is 4. The Morgan fingerprint density at radius 2 is 1.78 bits per heavy atom. The van der Waals surface area contributed by atoms with E-state index in [2.05, 4.69) is 4.90 Å². The molecule has 146 valence electrons. The van der Waals surface area contributed by atoms with Gasteiger partial charge in [-0.25, -0.2) is 8.42 Å². The molecule has 1 aliphatic heterocycles. The fourth-order valence-corrected chi connectivity index (χ4v) is 3.90. The lowest BCUT2D eigenvalue weighted by Gasteiger charge is -2.21. The molecule has 0 atom stereocenters. The van der Waals surface area contributed by atoms with Crippen LogP contribution in [0.4, 0.5) is 0 Å². The molecule has 1 fully saturated rings. The van der Waals surface area contributed by atoms with Crippen LogP contribution in [0.3, 0.4) is 0 Å². The number of hydrogen-bond acceptors (Lipinski definition) is 5. The molecule has 2 aromatic rings. The van der Waals surface area contributed by atoms with E-state index < -0.39 is 9.84 Å². The molecule has 2 heterocycles. The van der Waals surface area contributed by atoms with Crippen LogP contribution in [-0.4, -0.2) is 56.6 Å². The molecule has 1 aliphatic rings. The van der Waals surface area contributed by atoms with Crippen molar-refractivity contribution in [1.29, 1.82) is 0 Å². The molecule has 7 heteroatoms. The summed E-state index contributed by atoms with van der Waals surface area (Å²) in [7, 11) is -3.17. The zero-order chi connectivity index (χ0) is 19.6. The first-order valence-electron chi connectivity index (χ1n) is 9.12. The van der Waals surface area contributed by atoms with E-state index in [1.165, 1.54) is 6.26 Å². The van der Waals surface area contributed by atoms with E-state index in [1.54, 1.807) is 12.1 Å². The van der Waals surface area contributed by atoms with Crippen molar-refractivity contribution in [3.05, 3.63) is 53.0 Å². The van der Waals surface area contributed by atoms with Gasteiger partial charge in [0.05, 0.1) is 4.90 Å². The molecule has 27 heavy (non-hydrogen) atoms. The Balaban J connectivity index is 1.60. The van der Waals surface area contributed by atoms with Crippen molar-refractivity contribution in [3.8, 4) is 0 Å². The molecule has 0 aliphatic carbocycles. The maximum Gasteiger partial charge on any atom is 0.289 e. The monoisotopic (exact) mass is 390 g/mol. The minimum Gasteiger partial charge on any atom is -0.456 e. The van der Waals surface area contributed by atoms with Gasteiger partial charge in [-0.1, -0.05) is 12.1 Å². The molecule has 0 N–H and O–H groups in total. The van der Waals surface area contributed by atoms with Gasteiger partial charge in [-0.3, -0.25) is 9.69 Å². The highest BCUT2D eigenvalue weighted by Gasteiger charge is 2.23. The molecule has 1 aromatic carbocycles. The van der Waals surface area contributed by atoms with Crippen molar-refractivity contribution in [2.45, 2.75) is 31.7 Å². The van der Waals surface area contributed by atoms with Crippen molar-refractivity contribution >= 4 is 15.7 Å². The van der Waals surface area contributed by atoms with Gasteiger partial charge in [0.15, 0.2) is 15.6 Å². The summed E-state index contributed by atoms with van der Waals surface area (Å²) in [6.45, 7) is 7.58. The van der Waals surface area contributed by atoms with Crippen molar-refractivity contribution < 1.29 is 17.6 Å². The third-order valence-corrected chi connectivity index (χ3v) is 6.14. The van der Waals surface area contributed by atoms with Crippen LogP contribution in [0.1, 0.15) is 33.9 Å². The summed E-state index contributed by atoms with van der Waals surface area (Å²) in [5.41, 5.74) is 2.06. The lowest BCUT2D eigenvalue weighted by atomic mass is 10.2. The van der Waals surface area contributed by atoms with Gasteiger partial charge in [0, 0.05) is 39.0 Å². The average molecular weight is 391 g/mol. The van der Waals surface area contributed by atoms with E-state index in [1.807, 2.05) is 36.9 Å². The second-order valence-corrected chi connectivity index (χ2v) is 9.20. The summed E-state index contributed by atoms with van der Waals surface area (Å²) < 4.78 is 28.7. The van der Waals surface area contributed by atoms with Gasteiger partial charge in [-0.15, -0.1) is 0 Å². The first-order valence-corrected chi connectivity index (χ1v) is 11.0. The highest BCUT2D eigenvalue weighted by Crippen LogP contribution is 2.17. The molecule has 0 spiro atoms. The second kappa shape index (κ2) is 7.86. The molecule has 6 nitrogen and oxygen atoms in total. The molecule has 0 bridgehead atoms. The number of hydrogen-bond donors (Lipinski definition) is 0. The summed E-state index contributed by atoms with van der Waals surface area (Å²) in [6.07, 6.45) is 2.11. The van der Waals surface area contributed by atoms with Crippen LogP contribution in [0.15, 0.2) is 39.6 Å². The van der Waals surface area contributed by atoms with E-state index >= 15 is 0 Å². The summed E-state index contributed by atoms with van der Waals surface area (Å²) in [6, 6.07) is 8.83. The molecule has 0 saturated carbocycles. The van der Waals surface area contributed by atoms with Gasteiger partial charge in [-0.2, -0.15) is 0 Å². The van der Waals surface area contributed by atoms with Gasteiger partial charge in [0.1, 0.15) is 5.76 Å². The van der Waals surface area contributed by atoms with E-state index in [0.29, 0.717) is 23.7 Å². The van der Waals surface area contributed by atoms with Gasteiger partial charge >= 0.3 is 0 Å². The van der Waals surface area contributed by atoms with Crippen LogP contribution in [0.25, 0.3) is 0 Å². The number of benzene rings is 1. The van der Waals surface area contributed by atoms with Crippen molar-refractivity contribution in [1.82, 2.24) is 9.80 Å². The van der Waals surface area contributed by atoms with Gasteiger partial charge < -0.3 is 9.32 Å². The highest BCUT2D eigenvalue weighted by atomic mass is 32.2. The molecule has 1 aromatic heterocycles. The Kier molecular flexibility index (Phi) is 5.72. The summed E-state index contributed by atoms with van der Waals surface area (Å²) >= 11 is 0. The van der Waals surface area contributed by atoms with Crippen LogP contribution in [0, 0.1) is 13.8 Å². The van der Waals surface area contributed by atoms with E-state index in [9.17, 15) is 13.2 Å². The number of sulfone groups is 1. The zero-order valence-electron chi connectivity index (χ0n) is 16.1. The van der Waals surface area contributed by atoms with Crippen molar-refractivity contribution in [3.63, 3.8) is 0 Å². The fourth-order valence-electron chi connectivity index (χ4n) is 3.27.